The number of pyridine rings is 3. The van der Waals surface area contributed by atoms with Crippen LogP contribution >= 0.6 is 47.8 Å². The van der Waals surface area contributed by atoms with Crippen LogP contribution in [0.25, 0.3) is 67.2 Å². The summed E-state index contributed by atoms with van der Waals surface area (Å²) in [4.78, 5) is 14.5. The van der Waals surface area contributed by atoms with E-state index < -0.39 is 0 Å². The Labute approximate surface area is 516 Å². The predicted octanol–water partition coefficient (Wildman–Crippen LogP) is 21.6. The zero-order valence-corrected chi connectivity index (χ0v) is 55.3. The maximum absolute atomic E-state index is 4.84. The van der Waals surface area contributed by atoms with Crippen molar-refractivity contribution < 1.29 is 20.1 Å². The molecule has 2 atom stereocenters. The Balaban J connectivity index is 0.00000774. The van der Waals surface area contributed by atoms with Gasteiger partial charge < -0.3 is 15.0 Å². The van der Waals surface area contributed by atoms with Crippen LogP contribution in [0, 0.1) is 18.2 Å². The molecule has 80 heavy (non-hydrogen) atoms. The SMILES string of the molecule is CC(C)(C)c1ccnc(-c2[c-]cc(-c3ccccc3C3CC(c4ccccc4-c4c[c-]c(-c5cc(C(C)(C)C)ccn5)cc4Br)CC(c4ccc(C(C)(C)C)cc4-c4c[c-]c(-c5cc(C(C)(C)C)ccn5)cc4Br)C3)c(Br)c2)c1.[Ir+3]. The molecule has 7 heteroatoms. The first-order chi connectivity index (χ1) is 37.4. The van der Waals surface area contributed by atoms with Gasteiger partial charge in [0.15, 0.2) is 0 Å². The molecule has 6 aromatic carbocycles. The number of nitrogens with zero attached hydrogens (tertiary/aromatic N) is 3. The van der Waals surface area contributed by atoms with Gasteiger partial charge in [-0.2, -0.15) is 0 Å². The third-order valence-electron chi connectivity index (χ3n) is 16.1. The third-order valence-corrected chi connectivity index (χ3v) is 18.1. The molecule has 0 N–H and O–H groups in total. The van der Waals surface area contributed by atoms with E-state index in [4.69, 9.17) is 15.0 Å². The number of benzene rings is 6. The second kappa shape index (κ2) is 23.6. The van der Waals surface area contributed by atoms with Crippen LogP contribution in [0.1, 0.15) is 159 Å². The van der Waals surface area contributed by atoms with E-state index in [9.17, 15) is 0 Å². The van der Waals surface area contributed by atoms with Crippen LogP contribution < -0.4 is 0 Å². The fourth-order valence-corrected chi connectivity index (χ4v) is 13.2. The van der Waals surface area contributed by atoms with Crippen molar-refractivity contribution in [1.29, 1.82) is 0 Å². The molecule has 0 aliphatic heterocycles. The standard InChI is InChI=1S/C73H71Br3N3.Ir/c1-70(2,3)51-24-28-57(63(41-51)62-27-23-47(40-66(62)76)69-44-54(31-34-79-69)73(10,11)12)50-36-48(55-17-13-15-19-58(55)60-25-21-45(38-64(60)74)67-42-52(29-32-77-67)71(4,5)6)35-49(37-50)56-18-14-16-20-59(56)61-26-22-46(39-65(61)75)68-43-53(30-33-78-68)72(7,8)9;/h13-20,24-34,38-44,48-50H,35-37H2,1-12H3;/q-3;+3. The Morgan fingerprint density at radius 3 is 0.975 bits per heavy atom. The topological polar surface area (TPSA) is 38.7 Å². The van der Waals surface area contributed by atoms with Crippen molar-refractivity contribution in [3.05, 3.63) is 229 Å². The van der Waals surface area contributed by atoms with E-state index in [1.807, 2.05) is 18.6 Å². The second-order valence-corrected chi connectivity index (χ2v) is 28.5. The van der Waals surface area contributed by atoms with Crippen LogP contribution in [-0.2, 0) is 41.8 Å². The molecule has 0 bridgehead atoms. The van der Waals surface area contributed by atoms with E-state index in [1.165, 1.54) is 55.6 Å². The molecule has 3 aromatic heterocycles. The molecule has 2 unspecified atom stereocenters. The molecule has 1 aliphatic carbocycles. The van der Waals surface area contributed by atoms with Gasteiger partial charge in [0.25, 0.3) is 0 Å². The summed E-state index contributed by atoms with van der Waals surface area (Å²) in [6.45, 7) is 27.1. The number of hydrogen-bond donors (Lipinski definition) is 0. The zero-order valence-electron chi connectivity index (χ0n) is 48.2. The largest absolute Gasteiger partial charge is 3.00 e. The van der Waals surface area contributed by atoms with Crippen molar-refractivity contribution in [2.24, 2.45) is 0 Å². The van der Waals surface area contributed by atoms with Gasteiger partial charge in [0.1, 0.15) is 0 Å². The Kier molecular flexibility index (Phi) is 17.6. The van der Waals surface area contributed by atoms with E-state index >= 15 is 0 Å². The van der Waals surface area contributed by atoms with Gasteiger partial charge in [-0.05, 0) is 133 Å². The fourth-order valence-electron chi connectivity index (χ4n) is 11.5. The average molecular weight is 1420 g/mol. The molecule has 3 nitrogen and oxygen atoms in total. The van der Waals surface area contributed by atoms with Gasteiger partial charge in [-0.15, -0.1) is 71.3 Å². The molecule has 3 heterocycles. The molecule has 0 amide bonds. The molecule has 408 valence electrons. The van der Waals surface area contributed by atoms with Crippen LogP contribution in [0.15, 0.2) is 172 Å². The molecule has 1 fully saturated rings. The second-order valence-electron chi connectivity index (χ2n) is 25.9. The van der Waals surface area contributed by atoms with Gasteiger partial charge >= 0.3 is 20.1 Å². The Bertz CT molecular complexity index is 3560. The molecule has 0 radical (unpaired) electrons. The van der Waals surface area contributed by atoms with Crippen molar-refractivity contribution in [1.82, 2.24) is 15.0 Å². The van der Waals surface area contributed by atoms with Crippen LogP contribution in [0.3, 0.4) is 0 Å². The van der Waals surface area contributed by atoms with Crippen molar-refractivity contribution in [2.75, 3.05) is 0 Å². The number of hydrogen-bond acceptors (Lipinski definition) is 3. The first kappa shape index (κ1) is 59.5. The Hall–Kier alpha value is -5.14. The first-order valence-electron chi connectivity index (χ1n) is 27.8. The van der Waals surface area contributed by atoms with Crippen LogP contribution in [0.2, 0.25) is 0 Å². The quantitative estimate of drug-likeness (QED) is 0.135. The van der Waals surface area contributed by atoms with E-state index in [0.717, 1.165) is 83.1 Å². The van der Waals surface area contributed by atoms with Gasteiger partial charge in [0.2, 0.25) is 0 Å². The van der Waals surface area contributed by atoms with Crippen molar-refractivity contribution in [3.63, 3.8) is 0 Å². The molecular formula is C73H71Br3IrN3. The van der Waals surface area contributed by atoms with Gasteiger partial charge in [0, 0.05) is 18.6 Å². The van der Waals surface area contributed by atoms with E-state index in [0.29, 0.717) is 0 Å². The number of aromatic nitrogens is 3. The summed E-state index contributed by atoms with van der Waals surface area (Å²) >= 11 is 12.3. The maximum atomic E-state index is 4.84. The monoisotopic (exact) mass is 1420 g/mol. The third kappa shape index (κ3) is 12.9. The first-order valence-corrected chi connectivity index (χ1v) is 30.2. The summed E-state index contributed by atoms with van der Waals surface area (Å²) in [5.74, 6) is 0.650. The zero-order chi connectivity index (χ0) is 56.2. The minimum absolute atomic E-state index is 0. The number of halogens is 3. The van der Waals surface area contributed by atoms with Gasteiger partial charge in [0.05, 0.1) is 0 Å². The van der Waals surface area contributed by atoms with Gasteiger partial charge in [-0.25, -0.2) is 0 Å². The molecular weight excluding hydrogens is 1350 g/mol. The van der Waals surface area contributed by atoms with Gasteiger partial charge in [-0.3, -0.25) is 0 Å². The molecule has 1 aliphatic rings. The minimum Gasteiger partial charge on any atom is -0.305 e. The maximum Gasteiger partial charge on any atom is 3.00 e. The summed E-state index contributed by atoms with van der Waals surface area (Å²) in [5, 5.41) is 0. The summed E-state index contributed by atoms with van der Waals surface area (Å²) in [6.07, 6.45) is 8.72. The number of rotatable bonds is 9. The normalized spacial score (nSPS) is 16.1. The molecule has 10 rings (SSSR count). The van der Waals surface area contributed by atoms with E-state index in [1.54, 1.807) is 0 Å². The molecule has 1 saturated carbocycles. The van der Waals surface area contributed by atoms with Crippen molar-refractivity contribution in [3.8, 4) is 67.2 Å². The molecule has 0 spiro atoms. The van der Waals surface area contributed by atoms with Crippen LogP contribution in [0.4, 0.5) is 0 Å². The summed E-state index contributed by atoms with van der Waals surface area (Å²) in [5.41, 5.74) is 21.8. The average Bonchev–Trinajstić information content (AvgIpc) is 3.48. The summed E-state index contributed by atoms with van der Waals surface area (Å²) in [7, 11) is 0. The minimum atomic E-state index is -0.0624. The molecule has 0 saturated heterocycles. The van der Waals surface area contributed by atoms with Gasteiger partial charge in [-0.1, -0.05) is 263 Å². The fraction of sp³-hybridized carbons (Fsp3) is 0.301. The van der Waals surface area contributed by atoms with E-state index in [-0.39, 0.29) is 59.5 Å². The Morgan fingerprint density at radius 2 is 0.650 bits per heavy atom. The van der Waals surface area contributed by atoms with E-state index in [2.05, 4.69) is 289 Å². The molecule has 9 aromatic rings. The summed E-state index contributed by atoms with van der Waals surface area (Å²) in [6, 6.07) is 62.7. The van der Waals surface area contributed by atoms with Crippen molar-refractivity contribution in [2.45, 2.75) is 142 Å². The Morgan fingerprint density at radius 1 is 0.350 bits per heavy atom. The summed E-state index contributed by atoms with van der Waals surface area (Å²) < 4.78 is 3.09. The predicted molar refractivity (Wildman–Crippen MR) is 342 cm³/mol. The van der Waals surface area contributed by atoms with Crippen LogP contribution in [0.5, 0.6) is 0 Å². The smallest absolute Gasteiger partial charge is 0.305 e. The van der Waals surface area contributed by atoms with Crippen LogP contribution in [-0.4, -0.2) is 15.0 Å². The van der Waals surface area contributed by atoms with Crippen molar-refractivity contribution >= 4 is 47.8 Å².